The number of aromatic nitrogens is 2. The molecule has 150 valence electrons. The van der Waals surface area contributed by atoms with Crippen molar-refractivity contribution in [2.24, 2.45) is 5.73 Å². The minimum absolute atomic E-state index is 0.130. The van der Waals surface area contributed by atoms with Gasteiger partial charge in [0.2, 0.25) is 5.95 Å². The summed E-state index contributed by atoms with van der Waals surface area (Å²) in [6, 6.07) is 0. The number of amides is 2. The van der Waals surface area contributed by atoms with Crippen molar-refractivity contribution in [3.8, 4) is 0 Å². The second-order valence-electron chi connectivity index (χ2n) is 8.03. The number of carbonyl (C=O) groups is 2. The highest BCUT2D eigenvalue weighted by Crippen LogP contribution is 2.36. The molecule has 0 aromatic carbocycles. The van der Waals surface area contributed by atoms with E-state index in [0.717, 1.165) is 4.90 Å². The molecule has 1 aromatic heterocycles. The number of hydrogen-bond donors (Lipinski definition) is 3. The third-order valence-electron chi connectivity index (χ3n) is 4.25. The molecule has 0 spiro atoms. The van der Waals surface area contributed by atoms with E-state index in [1.54, 1.807) is 33.2 Å². The third-order valence-corrected chi connectivity index (χ3v) is 4.25. The van der Waals surface area contributed by atoms with Gasteiger partial charge in [-0.3, -0.25) is 0 Å². The fraction of sp³-hybridized carbons (Fsp3) is 0.625. The first-order valence-corrected chi connectivity index (χ1v) is 8.27. The lowest BCUT2D eigenvalue weighted by Crippen LogP contribution is -2.46. The summed E-state index contributed by atoms with van der Waals surface area (Å²) in [6.07, 6.45) is 0.666. The quantitative estimate of drug-likeness (QED) is 0.654. The van der Waals surface area contributed by atoms with E-state index in [4.69, 9.17) is 19.2 Å². The zero-order valence-electron chi connectivity index (χ0n) is 16.7. The molecule has 1 aliphatic rings. The van der Waals surface area contributed by atoms with E-state index in [2.05, 4.69) is 15.7 Å². The summed E-state index contributed by atoms with van der Waals surface area (Å²) in [5.41, 5.74) is 3.15. The minimum Gasteiger partial charge on any atom is -0.465 e. The molecular formula is C16H27BN4O6. The normalized spacial score (nSPS) is 17.7. The minimum atomic E-state index is -1.33. The van der Waals surface area contributed by atoms with Gasteiger partial charge in [-0.05, 0) is 48.5 Å². The first kappa shape index (κ1) is 22.6. The zero-order valence-corrected chi connectivity index (χ0v) is 16.7. The molecule has 0 unspecified atom stereocenters. The lowest BCUT2D eigenvalue weighted by molar-refractivity contribution is 0.00578. The Bertz CT molecular complexity index is 667. The van der Waals surface area contributed by atoms with Gasteiger partial charge in [0.15, 0.2) is 0 Å². The van der Waals surface area contributed by atoms with Crippen LogP contribution < -0.4 is 16.1 Å². The summed E-state index contributed by atoms with van der Waals surface area (Å²) in [5.74, 6) is 0.130. The summed E-state index contributed by atoms with van der Waals surface area (Å²) >= 11 is 0. The summed E-state index contributed by atoms with van der Waals surface area (Å²) in [5, 5.41) is 16.6. The maximum atomic E-state index is 11.5. The molecule has 1 aromatic rings. The highest BCUT2D eigenvalue weighted by atomic mass is 16.7. The predicted octanol–water partition coefficient (Wildman–Crippen LogP) is 1.68. The Morgan fingerprint density at radius 1 is 1.07 bits per heavy atom. The van der Waals surface area contributed by atoms with Crippen LogP contribution in [0.3, 0.4) is 0 Å². The molecule has 1 fully saturated rings. The highest BCUT2D eigenvalue weighted by Gasteiger charge is 2.52. The Morgan fingerprint density at radius 3 is 1.74 bits per heavy atom. The Balaban J connectivity index is 0.000000828. The maximum Gasteiger partial charge on any atom is 0.498 e. The van der Waals surface area contributed by atoms with Crippen molar-refractivity contribution in [2.45, 2.75) is 65.2 Å². The van der Waals surface area contributed by atoms with Crippen molar-refractivity contribution in [3.63, 3.8) is 0 Å². The molecule has 11 heteroatoms. The van der Waals surface area contributed by atoms with Crippen LogP contribution in [0.1, 0.15) is 48.5 Å². The van der Waals surface area contributed by atoms with Crippen molar-refractivity contribution in [3.05, 3.63) is 12.4 Å². The number of primary amides is 1. The fourth-order valence-electron chi connectivity index (χ4n) is 2.22. The van der Waals surface area contributed by atoms with E-state index >= 15 is 0 Å². The first-order chi connectivity index (χ1) is 12.1. The Kier molecular flexibility index (Phi) is 6.45. The Morgan fingerprint density at radius 2 is 1.44 bits per heavy atom. The van der Waals surface area contributed by atoms with E-state index in [9.17, 15) is 9.90 Å². The van der Waals surface area contributed by atoms with Gasteiger partial charge in [0.1, 0.15) is 0 Å². The number of nitrogens with zero attached hydrogens (tertiary/aromatic N) is 3. The molecule has 4 N–H and O–H groups in total. The monoisotopic (exact) mass is 382 g/mol. The Labute approximate surface area is 158 Å². The molecule has 0 radical (unpaired) electrons. The van der Waals surface area contributed by atoms with E-state index < -0.39 is 36.0 Å². The zero-order chi connectivity index (χ0) is 21.2. The second-order valence-corrected chi connectivity index (χ2v) is 8.03. The van der Waals surface area contributed by atoms with E-state index in [1.165, 1.54) is 0 Å². The number of hydrogen-bond acceptors (Lipinski definition) is 6. The number of anilines is 1. The molecule has 0 saturated carbocycles. The summed E-state index contributed by atoms with van der Waals surface area (Å²) in [6.45, 7) is 13.2. The smallest absolute Gasteiger partial charge is 0.465 e. The lowest BCUT2D eigenvalue weighted by Gasteiger charge is -2.32. The van der Waals surface area contributed by atoms with Gasteiger partial charge in [0.25, 0.3) is 0 Å². The van der Waals surface area contributed by atoms with Gasteiger partial charge in [-0.25, -0.2) is 24.5 Å². The van der Waals surface area contributed by atoms with Crippen molar-refractivity contribution in [1.29, 1.82) is 0 Å². The van der Waals surface area contributed by atoms with Crippen LogP contribution in [-0.4, -0.2) is 56.2 Å². The molecular weight excluding hydrogens is 355 g/mol. The van der Waals surface area contributed by atoms with Gasteiger partial charge >= 0.3 is 19.3 Å². The predicted molar refractivity (Wildman–Crippen MR) is 100 cm³/mol. The van der Waals surface area contributed by atoms with E-state index in [1.807, 2.05) is 27.7 Å². The van der Waals surface area contributed by atoms with Crippen LogP contribution in [0, 0.1) is 0 Å². The summed E-state index contributed by atoms with van der Waals surface area (Å²) < 4.78 is 11.9. The Hall–Kier alpha value is -2.40. The average Bonchev–Trinajstić information content (AvgIpc) is 2.65. The number of carboxylic acid groups (broad SMARTS) is 2. The van der Waals surface area contributed by atoms with Crippen LogP contribution in [0.15, 0.2) is 12.4 Å². The van der Waals surface area contributed by atoms with Gasteiger partial charge in [-0.15, -0.1) is 0 Å². The summed E-state index contributed by atoms with van der Waals surface area (Å²) in [7, 11) is -0.568. The van der Waals surface area contributed by atoms with E-state index in [-0.39, 0.29) is 5.95 Å². The van der Waals surface area contributed by atoms with Crippen LogP contribution in [0.25, 0.3) is 0 Å². The molecule has 2 rings (SSSR count). The number of rotatable bonds is 2. The molecule has 27 heavy (non-hydrogen) atoms. The fourth-order valence-corrected chi connectivity index (χ4v) is 2.22. The topological polar surface area (TPSA) is 148 Å². The summed E-state index contributed by atoms with van der Waals surface area (Å²) in [4.78, 5) is 29.7. The van der Waals surface area contributed by atoms with Gasteiger partial charge < -0.3 is 25.3 Å². The lowest BCUT2D eigenvalue weighted by atomic mass is 9.81. The van der Waals surface area contributed by atoms with E-state index in [0.29, 0.717) is 5.46 Å². The molecule has 2 heterocycles. The van der Waals surface area contributed by atoms with Crippen molar-refractivity contribution < 1.29 is 29.1 Å². The van der Waals surface area contributed by atoms with Crippen molar-refractivity contribution >= 4 is 30.7 Å². The van der Waals surface area contributed by atoms with Gasteiger partial charge in [0, 0.05) is 23.4 Å². The van der Waals surface area contributed by atoms with Gasteiger partial charge in [-0.2, -0.15) is 0 Å². The molecule has 1 aliphatic heterocycles. The molecule has 0 atom stereocenters. The molecule has 1 saturated heterocycles. The van der Waals surface area contributed by atoms with Gasteiger partial charge in [0.05, 0.1) is 11.2 Å². The highest BCUT2D eigenvalue weighted by molar-refractivity contribution is 6.61. The van der Waals surface area contributed by atoms with Crippen LogP contribution in [-0.2, 0) is 9.31 Å². The van der Waals surface area contributed by atoms with Crippen molar-refractivity contribution in [1.82, 2.24) is 9.97 Å². The molecule has 2 amide bonds. The van der Waals surface area contributed by atoms with Crippen LogP contribution in [0.2, 0.25) is 0 Å². The first-order valence-electron chi connectivity index (χ1n) is 8.27. The molecule has 0 aliphatic carbocycles. The average molecular weight is 382 g/mol. The van der Waals surface area contributed by atoms with Crippen LogP contribution in [0.5, 0.6) is 0 Å². The van der Waals surface area contributed by atoms with Crippen LogP contribution in [0.4, 0.5) is 15.5 Å². The van der Waals surface area contributed by atoms with Crippen LogP contribution >= 0.6 is 0 Å². The second kappa shape index (κ2) is 7.69. The molecule has 10 nitrogen and oxygen atoms in total. The third kappa shape index (κ3) is 5.54. The number of nitrogens with two attached hydrogens (primary N) is 1. The SMILES string of the molecule is CC(C)(C)N(C(=O)O)c1ncc(B2OC(C)(C)C(C)(C)O2)cn1.NC(=O)O. The van der Waals surface area contributed by atoms with Crippen molar-refractivity contribution in [2.75, 3.05) is 4.90 Å². The maximum absolute atomic E-state index is 11.5. The molecule has 0 bridgehead atoms. The largest absolute Gasteiger partial charge is 0.498 e. The standard InChI is InChI=1S/C15H24BN3O4.CH3NO2/c1-13(2,3)19(12(20)21)11-17-8-10(9-18-11)16-22-14(4,5)15(6,7)23-16;2-1(3)4/h8-9H,1-7H3,(H,20,21);2H2,(H,3,4). The van der Waals surface area contributed by atoms with Gasteiger partial charge in [-0.1, -0.05) is 0 Å².